The molecule has 142 valence electrons. The molecular weight excluding hydrogens is 346 g/mol. The highest BCUT2D eigenvalue weighted by atomic mass is 16.4. The molecule has 0 unspecified atom stereocenters. The van der Waals surface area contributed by atoms with E-state index in [-0.39, 0.29) is 12.3 Å². The van der Waals surface area contributed by atoms with Crippen molar-refractivity contribution in [1.29, 1.82) is 0 Å². The van der Waals surface area contributed by atoms with Crippen LogP contribution in [0.15, 0.2) is 33.7 Å². The van der Waals surface area contributed by atoms with Crippen LogP contribution in [-0.4, -0.2) is 43.2 Å². The van der Waals surface area contributed by atoms with Crippen LogP contribution in [0.1, 0.15) is 36.6 Å². The van der Waals surface area contributed by atoms with E-state index in [1.807, 2.05) is 35.6 Å². The lowest BCUT2D eigenvalue weighted by Gasteiger charge is -2.31. The summed E-state index contributed by atoms with van der Waals surface area (Å²) in [5.74, 6) is 0.976. The van der Waals surface area contributed by atoms with Crippen LogP contribution in [0.2, 0.25) is 0 Å². The smallest absolute Gasteiger partial charge is 0.408 e. The van der Waals surface area contributed by atoms with E-state index in [0.29, 0.717) is 31.1 Å². The van der Waals surface area contributed by atoms with Gasteiger partial charge in [-0.1, -0.05) is 6.07 Å². The quantitative estimate of drug-likeness (QED) is 0.700. The number of fused-ring (bicyclic) bond motifs is 1. The van der Waals surface area contributed by atoms with Gasteiger partial charge in [-0.05, 0) is 37.5 Å². The molecule has 0 aliphatic carbocycles. The number of oxazole rings is 1. The molecule has 0 bridgehead atoms. The van der Waals surface area contributed by atoms with Gasteiger partial charge in [-0.2, -0.15) is 0 Å². The first-order valence-corrected chi connectivity index (χ1v) is 9.24. The number of hydrogen-bond acceptors (Lipinski definition) is 5. The normalized spacial score (nSPS) is 15.6. The Labute approximate surface area is 156 Å². The monoisotopic (exact) mass is 369 g/mol. The van der Waals surface area contributed by atoms with Gasteiger partial charge >= 0.3 is 5.76 Å². The number of piperidine rings is 1. The van der Waals surface area contributed by atoms with Gasteiger partial charge in [0.1, 0.15) is 12.2 Å². The van der Waals surface area contributed by atoms with Crippen molar-refractivity contribution in [3.63, 3.8) is 0 Å². The van der Waals surface area contributed by atoms with Gasteiger partial charge in [0.2, 0.25) is 5.91 Å². The fourth-order valence-corrected chi connectivity index (χ4v) is 3.80. The van der Waals surface area contributed by atoms with Gasteiger partial charge in [0.25, 0.3) is 0 Å². The van der Waals surface area contributed by atoms with Crippen molar-refractivity contribution < 1.29 is 9.21 Å². The SMILES string of the molecule is Cc1ccc2oc(=O)n(CCC(=O)N3CCC(c4nncn4C)CC3)c2c1. The maximum Gasteiger partial charge on any atom is 0.419 e. The zero-order valence-corrected chi connectivity index (χ0v) is 15.6. The third-order valence-electron chi connectivity index (χ3n) is 5.33. The third-order valence-corrected chi connectivity index (χ3v) is 5.33. The molecule has 8 nitrogen and oxygen atoms in total. The number of aromatic nitrogens is 4. The predicted molar refractivity (Wildman–Crippen MR) is 99.4 cm³/mol. The molecule has 3 aromatic rings. The van der Waals surface area contributed by atoms with Gasteiger partial charge in [-0.15, -0.1) is 10.2 Å². The van der Waals surface area contributed by atoms with Crippen LogP contribution in [0.3, 0.4) is 0 Å². The Bertz CT molecular complexity index is 1020. The lowest BCUT2D eigenvalue weighted by atomic mass is 9.96. The number of rotatable bonds is 4. The Kier molecular flexibility index (Phi) is 4.55. The second-order valence-electron chi connectivity index (χ2n) is 7.20. The van der Waals surface area contributed by atoms with Gasteiger partial charge in [-0.3, -0.25) is 9.36 Å². The lowest BCUT2D eigenvalue weighted by Crippen LogP contribution is -2.39. The maximum absolute atomic E-state index is 12.6. The minimum atomic E-state index is -0.413. The van der Waals surface area contributed by atoms with Crippen molar-refractivity contribution in [3.05, 3.63) is 46.5 Å². The van der Waals surface area contributed by atoms with Crippen LogP contribution in [0.25, 0.3) is 11.1 Å². The van der Waals surface area contributed by atoms with E-state index in [2.05, 4.69) is 10.2 Å². The van der Waals surface area contributed by atoms with E-state index in [1.54, 1.807) is 17.0 Å². The topological polar surface area (TPSA) is 86.2 Å². The molecule has 1 fully saturated rings. The summed E-state index contributed by atoms with van der Waals surface area (Å²) in [6.07, 6.45) is 3.76. The highest BCUT2D eigenvalue weighted by Crippen LogP contribution is 2.26. The van der Waals surface area contributed by atoms with Gasteiger partial charge in [0, 0.05) is 39.0 Å². The molecule has 3 heterocycles. The molecule has 1 saturated heterocycles. The standard InChI is InChI=1S/C19H23N5O3/c1-13-3-4-16-15(11-13)24(19(26)27-16)10-7-17(25)23-8-5-14(6-9-23)18-21-20-12-22(18)2/h3-4,11-12,14H,5-10H2,1-2H3. The second-order valence-corrected chi connectivity index (χ2v) is 7.20. The minimum absolute atomic E-state index is 0.0697. The molecule has 8 heteroatoms. The summed E-state index contributed by atoms with van der Waals surface area (Å²) >= 11 is 0. The zero-order chi connectivity index (χ0) is 19.0. The van der Waals surface area contributed by atoms with Crippen molar-refractivity contribution >= 4 is 17.0 Å². The van der Waals surface area contributed by atoms with Gasteiger partial charge in [-0.25, -0.2) is 4.79 Å². The Morgan fingerprint density at radius 1 is 1.30 bits per heavy atom. The number of hydrogen-bond donors (Lipinski definition) is 0. The van der Waals surface area contributed by atoms with Crippen LogP contribution in [0.4, 0.5) is 0 Å². The summed E-state index contributed by atoms with van der Waals surface area (Å²) in [5, 5.41) is 8.13. The van der Waals surface area contributed by atoms with Gasteiger partial charge < -0.3 is 13.9 Å². The van der Waals surface area contributed by atoms with E-state index in [0.717, 1.165) is 29.7 Å². The average molecular weight is 369 g/mol. The number of likely N-dealkylation sites (tertiary alicyclic amines) is 1. The van der Waals surface area contributed by atoms with Crippen LogP contribution >= 0.6 is 0 Å². The Morgan fingerprint density at radius 3 is 2.78 bits per heavy atom. The van der Waals surface area contributed by atoms with Crippen molar-refractivity contribution in [3.8, 4) is 0 Å². The summed E-state index contributed by atoms with van der Waals surface area (Å²) in [5.41, 5.74) is 2.35. The highest BCUT2D eigenvalue weighted by Gasteiger charge is 2.26. The number of amides is 1. The van der Waals surface area contributed by atoms with Gasteiger partial charge in [0.05, 0.1) is 5.52 Å². The fraction of sp³-hybridized carbons (Fsp3) is 0.474. The van der Waals surface area contributed by atoms with E-state index in [4.69, 9.17) is 4.42 Å². The molecule has 27 heavy (non-hydrogen) atoms. The first-order valence-electron chi connectivity index (χ1n) is 9.24. The summed E-state index contributed by atoms with van der Waals surface area (Å²) < 4.78 is 8.76. The molecule has 1 amide bonds. The van der Waals surface area contributed by atoms with Crippen molar-refractivity contribution in [2.75, 3.05) is 13.1 Å². The molecule has 0 saturated carbocycles. The van der Waals surface area contributed by atoms with Crippen LogP contribution < -0.4 is 5.76 Å². The van der Waals surface area contributed by atoms with E-state index in [9.17, 15) is 9.59 Å². The maximum atomic E-state index is 12.6. The number of aryl methyl sites for hydroxylation is 3. The summed E-state index contributed by atoms with van der Waals surface area (Å²) in [4.78, 5) is 26.6. The molecule has 0 atom stereocenters. The molecule has 4 rings (SSSR count). The van der Waals surface area contributed by atoms with Crippen LogP contribution in [-0.2, 0) is 18.4 Å². The van der Waals surface area contributed by atoms with Crippen LogP contribution in [0, 0.1) is 6.92 Å². The number of benzene rings is 1. The number of nitrogens with zero attached hydrogens (tertiary/aromatic N) is 5. The van der Waals surface area contributed by atoms with Crippen molar-refractivity contribution in [2.45, 2.75) is 38.6 Å². The fourth-order valence-electron chi connectivity index (χ4n) is 3.80. The first kappa shape index (κ1) is 17.5. The highest BCUT2D eigenvalue weighted by molar-refractivity contribution is 5.77. The molecule has 0 spiro atoms. The summed E-state index contributed by atoms with van der Waals surface area (Å²) in [6, 6.07) is 5.61. The Balaban J connectivity index is 1.38. The predicted octanol–water partition coefficient (Wildman–Crippen LogP) is 1.83. The van der Waals surface area contributed by atoms with E-state index < -0.39 is 5.76 Å². The first-order chi connectivity index (χ1) is 13.0. The molecule has 0 N–H and O–H groups in total. The summed E-state index contributed by atoms with van der Waals surface area (Å²) in [7, 11) is 1.95. The number of carbonyl (C=O) groups excluding carboxylic acids is 1. The average Bonchev–Trinajstić information content (AvgIpc) is 3.22. The molecular formula is C19H23N5O3. The molecule has 1 aromatic carbocycles. The zero-order valence-electron chi connectivity index (χ0n) is 15.6. The largest absolute Gasteiger partial charge is 0.419 e. The third kappa shape index (κ3) is 3.39. The lowest BCUT2D eigenvalue weighted by molar-refractivity contribution is -0.132. The second kappa shape index (κ2) is 7.02. The Hall–Kier alpha value is -2.90. The number of carbonyl (C=O) groups is 1. The summed E-state index contributed by atoms with van der Waals surface area (Å²) in [6.45, 7) is 3.71. The van der Waals surface area contributed by atoms with Crippen LogP contribution in [0.5, 0.6) is 0 Å². The van der Waals surface area contributed by atoms with E-state index >= 15 is 0 Å². The molecule has 2 aromatic heterocycles. The minimum Gasteiger partial charge on any atom is -0.408 e. The van der Waals surface area contributed by atoms with Crippen molar-refractivity contribution in [2.24, 2.45) is 7.05 Å². The Morgan fingerprint density at radius 2 is 2.07 bits per heavy atom. The molecule has 0 radical (unpaired) electrons. The molecule has 1 aliphatic rings. The van der Waals surface area contributed by atoms with E-state index in [1.165, 1.54) is 0 Å². The van der Waals surface area contributed by atoms with Crippen molar-refractivity contribution in [1.82, 2.24) is 24.2 Å². The molecule has 1 aliphatic heterocycles. The van der Waals surface area contributed by atoms with Gasteiger partial charge in [0.15, 0.2) is 5.58 Å².